The van der Waals surface area contributed by atoms with Crippen LogP contribution in [0.5, 0.6) is 0 Å². The Kier molecular flexibility index (Phi) is 8.16. The van der Waals surface area contributed by atoms with Gasteiger partial charge in [-0.2, -0.15) is 4.98 Å². The van der Waals surface area contributed by atoms with Crippen LogP contribution in [-0.2, 0) is 4.79 Å². The molecule has 1 saturated heterocycles. The highest BCUT2D eigenvalue weighted by atomic mass is 35.5. The fraction of sp³-hybridized carbons (Fsp3) is 0.833. The second-order valence-electron chi connectivity index (χ2n) is 7.35. The average Bonchev–Trinajstić information content (AvgIpc) is 3.12. The fourth-order valence-electron chi connectivity index (χ4n) is 3.83. The van der Waals surface area contributed by atoms with Crippen molar-refractivity contribution in [1.29, 1.82) is 0 Å². The molecule has 2 aliphatic rings. The van der Waals surface area contributed by atoms with Crippen LogP contribution in [0, 0.1) is 5.92 Å². The van der Waals surface area contributed by atoms with Gasteiger partial charge in [0.2, 0.25) is 11.8 Å². The highest BCUT2D eigenvalue weighted by Gasteiger charge is 2.23. The highest BCUT2D eigenvalue weighted by Crippen LogP contribution is 2.31. The first-order chi connectivity index (χ1) is 11.7. The fourth-order valence-corrected chi connectivity index (χ4v) is 3.83. The van der Waals surface area contributed by atoms with E-state index in [1.54, 1.807) is 0 Å². The second-order valence-corrected chi connectivity index (χ2v) is 7.35. The number of nitrogens with one attached hydrogen (secondary N) is 2. The standard InChI is InChI=1S/C18H30N4O2.ClH/c1-13(20-16(23)8-7-14-9-11-19-12-10-14)18-21-17(22-24-18)15-5-3-2-4-6-15;/h13-15,19H,2-12H2,1H3,(H,20,23);1H. The number of nitrogens with zero attached hydrogens (tertiary/aromatic N) is 2. The third-order valence-corrected chi connectivity index (χ3v) is 5.41. The van der Waals surface area contributed by atoms with E-state index < -0.39 is 0 Å². The third-order valence-electron chi connectivity index (χ3n) is 5.41. The van der Waals surface area contributed by atoms with Crippen molar-refractivity contribution in [2.24, 2.45) is 5.92 Å². The molecule has 1 atom stereocenters. The molecular weight excluding hydrogens is 340 g/mol. The summed E-state index contributed by atoms with van der Waals surface area (Å²) in [4.78, 5) is 16.7. The Labute approximate surface area is 156 Å². The number of piperidine rings is 1. The summed E-state index contributed by atoms with van der Waals surface area (Å²) in [5.41, 5.74) is 0. The largest absolute Gasteiger partial charge is 0.345 e. The van der Waals surface area contributed by atoms with Gasteiger partial charge in [-0.15, -0.1) is 12.4 Å². The summed E-state index contributed by atoms with van der Waals surface area (Å²) in [6, 6.07) is -0.213. The number of rotatable bonds is 6. The summed E-state index contributed by atoms with van der Waals surface area (Å²) in [5.74, 6) is 2.54. The summed E-state index contributed by atoms with van der Waals surface area (Å²) in [6.07, 6.45) is 10.0. The number of hydrogen-bond acceptors (Lipinski definition) is 5. The normalized spacial score (nSPS) is 20.7. The lowest BCUT2D eigenvalue weighted by Crippen LogP contribution is -2.30. The van der Waals surface area contributed by atoms with E-state index in [1.165, 1.54) is 32.1 Å². The van der Waals surface area contributed by atoms with Crippen LogP contribution in [0.1, 0.15) is 88.4 Å². The molecule has 3 rings (SSSR count). The summed E-state index contributed by atoms with van der Waals surface area (Å²) in [7, 11) is 0. The van der Waals surface area contributed by atoms with E-state index in [-0.39, 0.29) is 24.4 Å². The molecule has 1 aromatic heterocycles. The number of carbonyl (C=O) groups excluding carboxylic acids is 1. The highest BCUT2D eigenvalue weighted by molar-refractivity contribution is 5.85. The maximum Gasteiger partial charge on any atom is 0.248 e. The molecule has 0 spiro atoms. The van der Waals surface area contributed by atoms with Crippen molar-refractivity contribution in [2.45, 2.75) is 76.7 Å². The van der Waals surface area contributed by atoms with Crippen LogP contribution in [0.3, 0.4) is 0 Å². The number of carbonyl (C=O) groups is 1. The zero-order chi connectivity index (χ0) is 16.8. The Hall–Kier alpha value is -1.14. The first-order valence-electron chi connectivity index (χ1n) is 9.56. The van der Waals surface area contributed by atoms with E-state index in [9.17, 15) is 4.79 Å². The van der Waals surface area contributed by atoms with E-state index >= 15 is 0 Å². The minimum absolute atomic E-state index is 0. The Morgan fingerprint density at radius 1 is 1.24 bits per heavy atom. The molecule has 0 bridgehead atoms. The lowest BCUT2D eigenvalue weighted by Gasteiger charge is -2.22. The molecule has 0 radical (unpaired) electrons. The van der Waals surface area contributed by atoms with Gasteiger partial charge >= 0.3 is 0 Å². The Morgan fingerprint density at radius 3 is 2.68 bits per heavy atom. The van der Waals surface area contributed by atoms with Gasteiger partial charge in [0.25, 0.3) is 0 Å². The van der Waals surface area contributed by atoms with Crippen LogP contribution in [0.4, 0.5) is 0 Å². The van der Waals surface area contributed by atoms with Crippen molar-refractivity contribution in [2.75, 3.05) is 13.1 Å². The van der Waals surface area contributed by atoms with Crippen LogP contribution in [-0.4, -0.2) is 29.1 Å². The van der Waals surface area contributed by atoms with Crippen LogP contribution in [0.25, 0.3) is 0 Å². The van der Waals surface area contributed by atoms with Crippen molar-refractivity contribution >= 4 is 18.3 Å². The predicted molar refractivity (Wildman–Crippen MR) is 98.8 cm³/mol. The quantitative estimate of drug-likeness (QED) is 0.801. The monoisotopic (exact) mass is 370 g/mol. The predicted octanol–water partition coefficient (Wildman–Crippen LogP) is 3.50. The Morgan fingerprint density at radius 2 is 1.96 bits per heavy atom. The topological polar surface area (TPSA) is 80.0 Å². The van der Waals surface area contributed by atoms with Gasteiger partial charge in [0.15, 0.2) is 5.82 Å². The van der Waals surface area contributed by atoms with Gasteiger partial charge in [0, 0.05) is 12.3 Å². The van der Waals surface area contributed by atoms with E-state index in [0.29, 0.717) is 24.1 Å². The molecule has 25 heavy (non-hydrogen) atoms. The van der Waals surface area contributed by atoms with Crippen molar-refractivity contribution in [3.05, 3.63) is 11.7 Å². The molecule has 1 aromatic rings. The Balaban J connectivity index is 0.00000225. The van der Waals surface area contributed by atoms with Crippen molar-refractivity contribution in [1.82, 2.24) is 20.8 Å². The molecular formula is C18H31ClN4O2. The van der Waals surface area contributed by atoms with Crippen molar-refractivity contribution < 1.29 is 9.32 Å². The van der Waals surface area contributed by atoms with Gasteiger partial charge in [0.05, 0.1) is 0 Å². The van der Waals surface area contributed by atoms with Gasteiger partial charge in [0.1, 0.15) is 6.04 Å². The van der Waals surface area contributed by atoms with E-state index in [0.717, 1.165) is 38.2 Å². The van der Waals surface area contributed by atoms with Gasteiger partial charge in [-0.3, -0.25) is 4.79 Å². The lowest BCUT2D eigenvalue weighted by molar-refractivity contribution is -0.122. The molecule has 142 valence electrons. The molecule has 1 aliphatic heterocycles. The van der Waals surface area contributed by atoms with Crippen LogP contribution >= 0.6 is 12.4 Å². The summed E-state index contributed by atoms with van der Waals surface area (Å²) < 4.78 is 5.39. The van der Waals surface area contributed by atoms with Gasteiger partial charge in [-0.1, -0.05) is 24.4 Å². The van der Waals surface area contributed by atoms with Gasteiger partial charge in [-0.05, 0) is 58.0 Å². The van der Waals surface area contributed by atoms with E-state index in [1.807, 2.05) is 6.92 Å². The molecule has 1 saturated carbocycles. The van der Waals surface area contributed by atoms with Gasteiger partial charge < -0.3 is 15.2 Å². The molecule has 6 nitrogen and oxygen atoms in total. The minimum atomic E-state index is -0.213. The van der Waals surface area contributed by atoms with E-state index in [4.69, 9.17) is 4.52 Å². The third kappa shape index (κ3) is 5.96. The summed E-state index contributed by atoms with van der Waals surface area (Å²) in [6.45, 7) is 4.07. The maximum atomic E-state index is 12.2. The molecule has 7 heteroatoms. The smallest absolute Gasteiger partial charge is 0.248 e. The molecule has 2 fully saturated rings. The zero-order valence-corrected chi connectivity index (χ0v) is 15.9. The molecule has 2 heterocycles. The molecule has 1 aliphatic carbocycles. The SMILES string of the molecule is CC(NC(=O)CCC1CCNCC1)c1nc(C2CCCCC2)no1.Cl. The molecule has 1 amide bonds. The number of hydrogen-bond donors (Lipinski definition) is 2. The van der Waals surface area contributed by atoms with Crippen LogP contribution < -0.4 is 10.6 Å². The molecule has 0 aromatic carbocycles. The van der Waals surface area contributed by atoms with Crippen molar-refractivity contribution in [3.8, 4) is 0 Å². The first kappa shape index (κ1) is 20.2. The summed E-state index contributed by atoms with van der Waals surface area (Å²) in [5, 5.41) is 10.5. The average molecular weight is 371 g/mol. The Bertz CT molecular complexity index is 525. The number of amides is 1. The molecule has 2 N–H and O–H groups in total. The first-order valence-corrected chi connectivity index (χ1v) is 9.56. The zero-order valence-electron chi connectivity index (χ0n) is 15.1. The molecule has 1 unspecified atom stereocenters. The number of halogens is 1. The minimum Gasteiger partial charge on any atom is -0.345 e. The number of aromatic nitrogens is 2. The van der Waals surface area contributed by atoms with Crippen LogP contribution in [0.2, 0.25) is 0 Å². The van der Waals surface area contributed by atoms with E-state index in [2.05, 4.69) is 20.8 Å². The van der Waals surface area contributed by atoms with Crippen molar-refractivity contribution in [3.63, 3.8) is 0 Å². The second kappa shape index (κ2) is 10.1. The van der Waals surface area contributed by atoms with Crippen LogP contribution in [0.15, 0.2) is 4.52 Å². The summed E-state index contributed by atoms with van der Waals surface area (Å²) >= 11 is 0. The maximum absolute atomic E-state index is 12.2. The van der Waals surface area contributed by atoms with Gasteiger partial charge in [-0.25, -0.2) is 0 Å². The lowest BCUT2D eigenvalue weighted by atomic mass is 9.89.